The van der Waals surface area contributed by atoms with Crippen molar-refractivity contribution >= 4 is 39.5 Å². The van der Waals surface area contributed by atoms with Crippen LogP contribution in [-0.4, -0.2) is 96.7 Å². The van der Waals surface area contributed by atoms with Crippen LogP contribution in [0.15, 0.2) is 97.2 Å². The van der Waals surface area contributed by atoms with E-state index in [4.69, 9.17) is 37.0 Å². The molecule has 0 radical (unpaired) electrons. The van der Waals surface area contributed by atoms with Gasteiger partial charge in [0.2, 0.25) is 0 Å². The van der Waals surface area contributed by atoms with Crippen molar-refractivity contribution in [3.8, 4) is 0 Å². The van der Waals surface area contributed by atoms with Crippen molar-refractivity contribution in [2.75, 3.05) is 39.6 Å². The highest BCUT2D eigenvalue weighted by atomic mass is 31.2. The van der Waals surface area contributed by atoms with Crippen molar-refractivity contribution in [1.29, 1.82) is 0 Å². The number of hydrogen-bond acceptors (Lipinski definition) is 15. The van der Waals surface area contributed by atoms with E-state index in [0.29, 0.717) is 25.7 Å². The van der Waals surface area contributed by atoms with Gasteiger partial charge in [-0.25, -0.2) is 9.13 Å². The van der Waals surface area contributed by atoms with E-state index in [2.05, 4.69) is 125 Å². The highest BCUT2D eigenvalue weighted by Crippen LogP contribution is 2.45. The van der Waals surface area contributed by atoms with Crippen LogP contribution in [0.25, 0.3) is 0 Å². The SMILES string of the molecule is CC/C=C\C/C=C\C/C=C\C/C=C\CCCCCCCCC(=O)OCC(COP(=O)(O)OCC(O)COP(=O)(O)OCC(COC(=O)CCCCCC/C=C\C/C=C\C/C=C\C/C=C\CC)OC(=O)CCCCCCCCCCCCCCCCC)OC(=O)CCCCCCCCCCCCCCCCC. The maximum atomic E-state index is 13.1. The number of hydrogen-bond donors (Lipinski definition) is 3. The van der Waals surface area contributed by atoms with E-state index < -0.39 is 97.5 Å². The lowest BCUT2D eigenvalue weighted by Gasteiger charge is -2.21. The summed E-state index contributed by atoms with van der Waals surface area (Å²) in [5.41, 5.74) is 0. The number of allylic oxidation sites excluding steroid dienone is 16. The first-order valence-corrected chi connectivity index (χ1v) is 45.5. The summed E-state index contributed by atoms with van der Waals surface area (Å²) in [6.45, 7) is 4.69. The Morgan fingerprint density at radius 3 is 0.755 bits per heavy atom. The number of phosphoric acid groups is 2. The summed E-state index contributed by atoms with van der Waals surface area (Å²) in [6.07, 6.45) is 85.1. The zero-order valence-electron chi connectivity index (χ0n) is 67.3. The molecule has 0 aliphatic carbocycles. The molecule has 614 valence electrons. The number of carbonyl (C=O) groups excluding carboxylic acids is 4. The minimum Gasteiger partial charge on any atom is -0.462 e. The predicted molar refractivity (Wildman–Crippen MR) is 436 cm³/mol. The van der Waals surface area contributed by atoms with Gasteiger partial charge in [-0.05, 0) is 103 Å². The summed E-state index contributed by atoms with van der Waals surface area (Å²) < 4.78 is 68.8. The van der Waals surface area contributed by atoms with E-state index in [9.17, 15) is 43.2 Å². The molecule has 0 spiro atoms. The van der Waals surface area contributed by atoms with Gasteiger partial charge in [0.1, 0.15) is 19.3 Å². The van der Waals surface area contributed by atoms with Crippen LogP contribution >= 0.6 is 15.6 Å². The van der Waals surface area contributed by atoms with Crippen LogP contribution in [0.5, 0.6) is 0 Å². The Bertz CT molecular complexity index is 2380. The lowest BCUT2D eigenvalue weighted by Crippen LogP contribution is -2.30. The maximum Gasteiger partial charge on any atom is 0.472 e. The van der Waals surface area contributed by atoms with Gasteiger partial charge in [-0.15, -0.1) is 0 Å². The second kappa shape index (κ2) is 79.1. The third-order valence-electron chi connectivity index (χ3n) is 18.1. The molecule has 0 aliphatic heterocycles. The van der Waals surface area contributed by atoms with Crippen LogP contribution in [0.3, 0.4) is 0 Å². The largest absolute Gasteiger partial charge is 0.472 e. The molecule has 0 amide bonds. The highest BCUT2D eigenvalue weighted by molar-refractivity contribution is 7.47. The smallest absolute Gasteiger partial charge is 0.462 e. The number of aliphatic hydroxyl groups excluding tert-OH is 1. The molecule has 0 rings (SSSR count). The number of carbonyl (C=O) groups is 4. The molecule has 5 atom stereocenters. The summed E-state index contributed by atoms with van der Waals surface area (Å²) in [7, 11) is -9.96. The van der Waals surface area contributed by atoms with Gasteiger partial charge in [-0.3, -0.25) is 37.3 Å². The van der Waals surface area contributed by atoms with Crippen molar-refractivity contribution in [3.05, 3.63) is 97.2 Å². The first-order chi connectivity index (χ1) is 51.7. The molecule has 0 saturated carbocycles. The number of phosphoric ester groups is 2. The maximum absolute atomic E-state index is 13.1. The lowest BCUT2D eigenvalue weighted by atomic mass is 10.0. The summed E-state index contributed by atoms with van der Waals surface area (Å²) in [4.78, 5) is 73.2. The van der Waals surface area contributed by atoms with E-state index in [1.54, 1.807) is 0 Å². The van der Waals surface area contributed by atoms with Gasteiger partial charge in [0.05, 0.1) is 26.4 Å². The monoisotopic (exact) mass is 1530 g/mol. The Labute approximate surface area is 646 Å². The average molecular weight is 1530 g/mol. The minimum atomic E-state index is -4.98. The Kier molecular flexibility index (Phi) is 76.1. The van der Waals surface area contributed by atoms with E-state index in [1.807, 2.05) is 0 Å². The summed E-state index contributed by atoms with van der Waals surface area (Å²) >= 11 is 0. The van der Waals surface area contributed by atoms with E-state index in [-0.39, 0.29) is 25.7 Å². The lowest BCUT2D eigenvalue weighted by molar-refractivity contribution is -0.161. The fraction of sp³-hybridized carbons (Fsp3) is 0.770. The molecular weight excluding hydrogens is 1380 g/mol. The standard InChI is InChI=1S/C87H154O17P2/c1-5-9-13-17-21-25-29-33-37-39-40-42-46-48-52-56-60-64-68-72-85(90)98-78-83(104-87(92)74-70-66-62-58-54-50-44-36-32-28-24-20-16-12-8-4)80-102-106(95,96)100-76-81(88)75-99-105(93,94)101-79-82(103-86(91)73-69-65-61-57-53-49-43-35-31-27-23-19-15-11-7-3)77-97-84(89)71-67-63-59-55-51-47-45-41-38-34-30-26-22-18-14-10-6-2/h9-10,13-14,21-22,25-26,33-34,37-38,40,42,45,47,81-83,88H,5-8,11-12,15-20,23-24,27-32,35-36,39,41,43-44,46,48-80H2,1-4H3,(H,93,94)(H,95,96)/b13-9-,14-10-,25-21-,26-22-,37-33-,38-34-,42-40-,47-45-. The molecule has 5 unspecified atom stereocenters. The molecule has 0 saturated heterocycles. The van der Waals surface area contributed by atoms with E-state index in [1.165, 1.54) is 128 Å². The molecule has 0 fully saturated rings. The molecule has 0 aliphatic rings. The molecule has 0 aromatic carbocycles. The molecule has 0 aromatic heterocycles. The van der Waals surface area contributed by atoms with E-state index >= 15 is 0 Å². The molecular formula is C87H154O17P2. The van der Waals surface area contributed by atoms with E-state index in [0.717, 1.165) is 167 Å². The topological polar surface area (TPSA) is 237 Å². The molecule has 0 bridgehead atoms. The molecule has 0 aromatic rings. The van der Waals surface area contributed by atoms with Crippen molar-refractivity contribution in [2.45, 2.75) is 393 Å². The summed E-state index contributed by atoms with van der Waals surface area (Å²) in [6, 6.07) is 0. The van der Waals surface area contributed by atoms with Crippen molar-refractivity contribution < 1.29 is 80.2 Å². The third-order valence-corrected chi connectivity index (χ3v) is 20.0. The molecule has 0 heterocycles. The highest BCUT2D eigenvalue weighted by Gasteiger charge is 2.30. The minimum absolute atomic E-state index is 0.0935. The second-order valence-corrected chi connectivity index (χ2v) is 31.3. The Balaban J connectivity index is 5.36. The van der Waals surface area contributed by atoms with Crippen LogP contribution in [0.1, 0.15) is 374 Å². The number of aliphatic hydroxyl groups is 1. The van der Waals surface area contributed by atoms with Gasteiger partial charge in [0.25, 0.3) is 0 Å². The first-order valence-electron chi connectivity index (χ1n) is 42.5. The van der Waals surface area contributed by atoms with Crippen molar-refractivity contribution in [1.82, 2.24) is 0 Å². The normalized spacial score (nSPS) is 14.3. The number of ether oxygens (including phenoxy) is 4. The van der Waals surface area contributed by atoms with Crippen LogP contribution < -0.4 is 0 Å². The van der Waals surface area contributed by atoms with Crippen LogP contribution in [0, 0.1) is 0 Å². The fourth-order valence-electron chi connectivity index (χ4n) is 11.7. The zero-order valence-corrected chi connectivity index (χ0v) is 69.1. The number of rotatable bonds is 80. The van der Waals surface area contributed by atoms with Crippen molar-refractivity contribution in [2.24, 2.45) is 0 Å². The fourth-order valence-corrected chi connectivity index (χ4v) is 13.3. The Morgan fingerprint density at radius 1 is 0.274 bits per heavy atom. The van der Waals surface area contributed by atoms with Gasteiger partial charge in [-0.1, -0.05) is 343 Å². The number of esters is 4. The molecule has 19 heteroatoms. The quantitative estimate of drug-likeness (QED) is 0.0169. The third kappa shape index (κ3) is 78.1. The molecule has 17 nitrogen and oxygen atoms in total. The van der Waals surface area contributed by atoms with Gasteiger partial charge >= 0.3 is 39.5 Å². The van der Waals surface area contributed by atoms with Gasteiger partial charge in [-0.2, -0.15) is 0 Å². The first kappa shape index (κ1) is 102. The van der Waals surface area contributed by atoms with Gasteiger partial charge < -0.3 is 33.8 Å². The second-order valence-electron chi connectivity index (χ2n) is 28.4. The predicted octanol–water partition coefficient (Wildman–Crippen LogP) is 25.1. The zero-order chi connectivity index (χ0) is 77.4. The van der Waals surface area contributed by atoms with Crippen LogP contribution in [-0.2, 0) is 65.4 Å². The Morgan fingerprint density at radius 2 is 0.491 bits per heavy atom. The number of unbranched alkanes of at least 4 members (excludes halogenated alkanes) is 38. The summed E-state index contributed by atoms with van der Waals surface area (Å²) in [5.74, 6) is -2.18. The van der Waals surface area contributed by atoms with Crippen molar-refractivity contribution in [3.63, 3.8) is 0 Å². The summed E-state index contributed by atoms with van der Waals surface area (Å²) in [5, 5.41) is 10.7. The van der Waals surface area contributed by atoms with Crippen LogP contribution in [0.2, 0.25) is 0 Å². The Hall–Kier alpha value is -4.02. The van der Waals surface area contributed by atoms with Gasteiger partial charge in [0, 0.05) is 25.7 Å². The molecule has 106 heavy (non-hydrogen) atoms. The average Bonchev–Trinajstić information content (AvgIpc) is 0.909. The van der Waals surface area contributed by atoms with Gasteiger partial charge in [0.15, 0.2) is 12.2 Å². The molecule has 3 N–H and O–H groups in total. The van der Waals surface area contributed by atoms with Crippen LogP contribution in [0.4, 0.5) is 0 Å².